The molecule has 0 aliphatic rings. The molecular formula is C19H22N2O. The minimum atomic E-state index is 0.114. The highest BCUT2D eigenvalue weighted by Crippen LogP contribution is 2.28. The molecule has 0 amide bonds. The summed E-state index contributed by atoms with van der Waals surface area (Å²) in [6.45, 7) is 6.54. The van der Waals surface area contributed by atoms with E-state index in [1.807, 2.05) is 6.07 Å². The molecule has 2 aromatic carbocycles. The predicted octanol–water partition coefficient (Wildman–Crippen LogP) is 3.80. The minimum absolute atomic E-state index is 0.114. The summed E-state index contributed by atoms with van der Waals surface area (Å²) in [7, 11) is 0. The first-order valence-corrected chi connectivity index (χ1v) is 7.75. The Kier molecular flexibility index (Phi) is 3.99. The first-order valence-electron chi connectivity index (χ1n) is 7.75. The van der Waals surface area contributed by atoms with Gasteiger partial charge in [0.15, 0.2) is 0 Å². The lowest BCUT2D eigenvalue weighted by Gasteiger charge is -2.18. The summed E-state index contributed by atoms with van der Waals surface area (Å²) < 4.78 is 2.26. The van der Waals surface area contributed by atoms with Gasteiger partial charge in [-0.3, -0.25) is 0 Å². The molecule has 0 saturated carbocycles. The van der Waals surface area contributed by atoms with Crippen LogP contribution in [0.1, 0.15) is 35.5 Å². The number of hydrogen-bond acceptors (Lipinski definition) is 2. The van der Waals surface area contributed by atoms with E-state index in [0.29, 0.717) is 6.42 Å². The highest BCUT2D eigenvalue weighted by molar-refractivity contribution is 5.78. The van der Waals surface area contributed by atoms with Crippen LogP contribution in [0.15, 0.2) is 42.5 Å². The third-order valence-corrected chi connectivity index (χ3v) is 4.38. The van der Waals surface area contributed by atoms with Crippen molar-refractivity contribution in [1.82, 2.24) is 9.55 Å². The number of aliphatic hydroxyl groups excluding tert-OH is 1. The van der Waals surface area contributed by atoms with Crippen LogP contribution in [0, 0.1) is 13.8 Å². The monoisotopic (exact) mass is 294 g/mol. The zero-order valence-corrected chi connectivity index (χ0v) is 13.4. The number of imidazole rings is 1. The maximum atomic E-state index is 9.38. The topological polar surface area (TPSA) is 38.1 Å². The van der Waals surface area contributed by atoms with Gasteiger partial charge >= 0.3 is 0 Å². The van der Waals surface area contributed by atoms with Crippen molar-refractivity contribution in [3.8, 4) is 0 Å². The number of rotatable bonds is 4. The third kappa shape index (κ3) is 2.53. The van der Waals surface area contributed by atoms with Gasteiger partial charge < -0.3 is 9.67 Å². The summed E-state index contributed by atoms with van der Waals surface area (Å²) in [6, 6.07) is 15.0. The predicted molar refractivity (Wildman–Crippen MR) is 90.3 cm³/mol. The lowest BCUT2D eigenvalue weighted by atomic mass is 10.1. The highest BCUT2D eigenvalue weighted by Gasteiger charge is 2.17. The number of hydrogen-bond donors (Lipinski definition) is 1. The number of nitrogens with zero attached hydrogens (tertiary/aromatic N) is 2. The molecule has 3 nitrogen and oxygen atoms in total. The molecule has 0 spiro atoms. The Morgan fingerprint density at radius 1 is 1.09 bits per heavy atom. The average Bonchev–Trinajstić information content (AvgIpc) is 2.85. The molecule has 0 bridgehead atoms. The van der Waals surface area contributed by atoms with Crippen LogP contribution < -0.4 is 0 Å². The molecule has 22 heavy (non-hydrogen) atoms. The summed E-state index contributed by atoms with van der Waals surface area (Å²) in [5.41, 5.74) is 5.92. The number of aliphatic hydroxyl groups is 1. The molecule has 3 heteroatoms. The van der Waals surface area contributed by atoms with E-state index in [1.165, 1.54) is 16.7 Å². The van der Waals surface area contributed by atoms with E-state index in [2.05, 4.69) is 61.7 Å². The first-order chi connectivity index (χ1) is 10.6. The quantitative estimate of drug-likeness (QED) is 0.795. The molecule has 3 rings (SSSR count). The van der Waals surface area contributed by atoms with Crippen molar-refractivity contribution in [2.24, 2.45) is 0 Å². The standard InChI is InChI=1S/C19H22N2O/c1-13-11-17-18(12-14(13)2)21(19(20-17)9-10-22)15(3)16-7-5-4-6-8-16/h4-8,11-12,15,22H,9-10H2,1-3H3. The van der Waals surface area contributed by atoms with Crippen molar-refractivity contribution in [2.75, 3.05) is 6.61 Å². The van der Waals surface area contributed by atoms with Crippen molar-refractivity contribution < 1.29 is 5.11 Å². The molecule has 1 aromatic heterocycles. The summed E-state index contributed by atoms with van der Waals surface area (Å²) in [5, 5.41) is 9.38. The van der Waals surface area contributed by atoms with Crippen LogP contribution in [-0.2, 0) is 6.42 Å². The Hall–Kier alpha value is -2.13. The van der Waals surface area contributed by atoms with Crippen LogP contribution in [0.25, 0.3) is 11.0 Å². The van der Waals surface area contributed by atoms with Gasteiger partial charge in [-0.2, -0.15) is 0 Å². The molecule has 0 aliphatic heterocycles. The maximum absolute atomic E-state index is 9.38. The van der Waals surface area contributed by atoms with E-state index in [0.717, 1.165) is 16.9 Å². The van der Waals surface area contributed by atoms with Crippen LogP contribution in [0.3, 0.4) is 0 Å². The van der Waals surface area contributed by atoms with Crippen molar-refractivity contribution in [2.45, 2.75) is 33.2 Å². The zero-order valence-electron chi connectivity index (χ0n) is 13.4. The van der Waals surface area contributed by atoms with Gasteiger partial charge in [-0.15, -0.1) is 0 Å². The second kappa shape index (κ2) is 5.93. The van der Waals surface area contributed by atoms with Crippen molar-refractivity contribution in [3.05, 3.63) is 65.0 Å². The Labute approximate surface area is 131 Å². The van der Waals surface area contributed by atoms with Crippen molar-refractivity contribution >= 4 is 11.0 Å². The summed E-state index contributed by atoms with van der Waals surface area (Å²) >= 11 is 0. The molecule has 0 aliphatic carbocycles. The second-order valence-corrected chi connectivity index (χ2v) is 5.88. The Morgan fingerprint density at radius 3 is 2.45 bits per heavy atom. The number of aryl methyl sites for hydroxylation is 2. The molecule has 1 atom stereocenters. The van der Waals surface area contributed by atoms with E-state index in [9.17, 15) is 5.11 Å². The van der Waals surface area contributed by atoms with Crippen LogP contribution in [-0.4, -0.2) is 21.3 Å². The maximum Gasteiger partial charge on any atom is 0.112 e. The largest absolute Gasteiger partial charge is 0.396 e. The normalized spacial score (nSPS) is 12.7. The molecule has 3 aromatic rings. The Morgan fingerprint density at radius 2 is 1.77 bits per heavy atom. The third-order valence-electron chi connectivity index (χ3n) is 4.38. The SMILES string of the molecule is Cc1cc2nc(CCO)n(C(C)c3ccccc3)c2cc1C. The molecule has 1 heterocycles. The lowest BCUT2D eigenvalue weighted by molar-refractivity contribution is 0.294. The van der Waals surface area contributed by atoms with E-state index in [-0.39, 0.29) is 12.6 Å². The van der Waals surface area contributed by atoms with Gasteiger partial charge in [0.1, 0.15) is 5.82 Å². The van der Waals surface area contributed by atoms with Gasteiger partial charge in [-0.05, 0) is 49.6 Å². The molecular weight excluding hydrogens is 272 g/mol. The summed E-state index contributed by atoms with van der Waals surface area (Å²) in [6.07, 6.45) is 0.573. The first kappa shape index (κ1) is 14.8. The van der Waals surface area contributed by atoms with E-state index in [1.54, 1.807) is 0 Å². The summed E-state index contributed by atoms with van der Waals surface area (Å²) in [4.78, 5) is 4.75. The van der Waals surface area contributed by atoms with E-state index in [4.69, 9.17) is 4.98 Å². The molecule has 0 fully saturated rings. The minimum Gasteiger partial charge on any atom is -0.396 e. The van der Waals surface area contributed by atoms with Gasteiger partial charge in [-0.25, -0.2) is 4.98 Å². The van der Waals surface area contributed by atoms with Gasteiger partial charge in [0.05, 0.1) is 23.7 Å². The fourth-order valence-corrected chi connectivity index (χ4v) is 2.99. The van der Waals surface area contributed by atoms with Crippen LogP contribution in [0.2, 0.25) is 0 Å². The molecule has 114 valence electrons. The lowest BCUT2D eigenvalue weighted by Crippen LogP contribution is -2.12. The zero-order chi connectivity index (χ0) is 15.7. The Bertz CT molecular complexity index is 790. The van der Waals surface area contributed by atoms with Crippen molar-refractivity contribution in [1.29, 1.82) is 0 Å². The van der Waals surface area contributed by atoms with Crippen molar-refractivity contribution in [3.63, 3.8) is 0 Å². The molecule has 1 unspecified atom stereocenters. The number of aromatic nitrogens is 2. The second-order valence-electron chi connectivity index (χ2n) is 5.88. The highest BCUT2D eigenvalue weighted by atomic mass is 16.3. The van der Waals surface area contributed by atoms with Gasteiger partial charge in [0, 0.05) is 6.42 Å². The van der Waals surface area contributed by atoms with Gasteiger partial charge in [-0.1, -0.05) is 30.3 Å². The molecule has 0 radical (unpaired) electrons. The van der Waals surface area contributed by atoms with E-state index >= 15 is 0 Å². The fourth-order valence-electron chi connectivity index (χ4n) is 2.99. The average molecular weight is 294 g/mol. The number of fused-ring (bicyclic) bond motifs is 1. The molecule has 1 N–H and O–H groups in total. The molecule has 0 saturated heterocycles. The summed E-state index contributed by atoms with van der Waals surface area (Å²) in [5.74, 6) is 0.943. The van der Waals surface area contributed by atoms with E-state index < -0.39 is 0 Å². The van der Waals surface area contributed by atoms with Crippen LogP contribution in [0.5, 0.6) is 0 Å². The smallest absolute Gasteiger partial charge is 0.112 e. The Balaban J connectivity index is 2.21. The van der Waals surface area contributed by atoms with Gasteiger partial charge in [0.25, 0.3) is 0 Å². The van der Waals surface area contributed by atoms with Crippen LogP contribution >= 0.6 is 0 Å². The number of benzene rings is 2. The van der Waals surface area contributed by atoms with Gasteiger partial charge in [0.2, 0.25) is 0 Å². The van der Waals surface area contributed by atoms with Crippen LogP contribution in [0.4, 0.5) is 0 Å². The fraction of sp³-hybridized carbons (Fsp3) is 0.316.